The smallest absolute Gasteiger partial charge is 0.127 e. The molecule has 0 aromatic heterocycles. The number of hydrogen-bond donors (Lipinski definition) is 2. The maximum Gasteiger partial charge on any atom is 0.127 e. The number of aliphatic hydroxyl groups is 1. The molecule has 2 nitrogen and oxygen atoms in total. The van der Waals surface area contributed by atoms with Gasteiger partial charge in [0.25, 0.3) is 0 Å². The summed E-state index contributed by atoms with van der Waals surface area (Å²) in [7, 11) is 0. The van der Waals surface area contributed by atoms with E-state index in [0.29, 0.717) is 0 Å². The maximum atomic E-state index is 12.3. The molecule has 53 valence electrons. The van der Waals surface area contributed by atoms with Crippen LogP contribution in [0.1, 0.15) is 5.56 Å². The number of aliphatic hydroxyl groups excluding tert-OH is 1. The van der Waals surface area contributed by atoms with Gasteiger partial charge in [0.15, 0.2) is 0 Å². The van der Waals surface area contributed by atoms with Gasteiger partial charge in [-0.05, 0) is 17.7 Å². The van der Waals surface area contributed by atoms with Gasteiger partial charge in [-0.3, -0.25) is 0 Å². The Kier molecular flexibility index (Phi) is 1.87. The molecule has 1 aromatic carbocycles. The topological polar surface area (TPSA) is 40.5 Å². The molecule has 0 aliphatic rings. The zero-order valence-electron chi connectivity index (χ0n) is 5.08. The number of hydrogen-bond acceptors (Lipinski definition) is 2. The lowest BCUT2D eigenvalue weighted by atomic mass is 10.2. The highest BCUT2D eigenvalue weighted by atomic mass is 19.1. The molecular formula is C7H6FO2. The SMILES string of the molecule is O[CH]c1cc(O)cc(F)c1. The van der Waals surface area contributed by atoms with Crippen molar-refractivity contribution in [2.45, 2.75) is 0 Å². The zero-order valence-corrected chi connectivity index (χ0v) is 5.08. The van der Waals surface area contributed by atoms with E-state index in [-0.39, 0.29) is 11.3 Å². The summed E-state index contributed by atoms with van der Waals surface area (Å²) in [4.78, 5) is 0. The summed E-state index contributed by atoms with van der Waals surface area (Å²) in [5.41, 5.74) is 0.248. The minimum Gasteiger partial charge on any atom is -0.508 e. The molecule has 1 rings (SSSR count). The minimum atomic E-state index is -0.569. The van der Waals surface area contributed by atoms with Crippen molar-refractivity contribution in [2.24, 2.45) is 0 Å². The van der Waals surface area contributed by atoms with E-state index >= 15 is 0 Å². The van der Waals surface area contributed by atoms with Gasteiger partial charge < -0.3 is 10.2 Å². The van der Waals surface area contributed by atoms with Crippen molar-refractivity contribution in [3.05, 3.63) is 36.2 Å². The first-order valence-electron chi connectivity index (χ1n) is 2.69. The summed E-state index contributed by atoms with van der Waals surface area (Å²) >= 11 is 0. The molecule has 1 radical (unpaired) electrons. The standard InChI is InChI=1S/C7H6FO2/c8-6-1-5(4-9)2-7(10)3-6/h1-4,9-10H. The molecule has 0 aliphatic heterocycles. The summed E-state index contributed by atoms with van der Waals surface area (Å²) in [6.45, 7) is 0.725. The van der Waals surface area contributed by atoms with Crippen LogP contribution in [0.4, 0.5) is 4.39 Å². The fraction of sp³-hybridized carbons (Fsp3) is 0. The Hall–Kier alpha value is -1.09. The molecule has 0 aliphatic carbocycles. The average molecular weight is 141 g/mol. The third kappa shape index (κ3) is 1.45. The predicted octanol–water partition coefficient (Wildman–Crippen LogP) is 1.41. The molecule has 0 atom stereocenters. The van der Waals surface area contributed by atoms with Crippen LogP contribution in [0, 0.1) is 12.4 Å². The molecule has 0 unspecified atom stereocenters. The predicted molar refractivity (Wildman–Crippen MR) is 33.4 cm³/mol. The Morgan fingerprint density at radius 2 is 2.00 bits per heavy atom. The molecule has 2 N–H and O–H groups in total. The fourth-order valence-corrected chi connectivity index (χ4v) is 0.671. The van der Waals surface area contributed by atoms with Gasteiger partial charge in [-0.2, -0.15) is 0 Å². The Morgan fingerprint density at radius 1 is 1.30 bits per heavy atom. The molecule has 0 bridgehead atoms. The molecule has 0 spiro atoms. The van der Waals surface area contributed by atoms with Crippen LogP contribution in [0.25, 0.3) is 0 Å². The summed E-state index contributed by atoms with van der Waals surface area (Å²) in [5.74, 6) is -0.763. The van der Waals surface area contributed by atoms with Gasteiger partial charge in [0.2, 0.25) is 0 Å². The highest BCUT2D eigenvalue weighted by Gasteiger charge is 1.97. The van der Waals surface area contributed by atoms with Gasteiger partial charge in [-0.15, -0.1) is 0 Å². The second-order valence-electron chi connectivity index (χ2n) is 1.87. The van der Waals surface area contributed by atoms with E-state index in [0.717, 1.165) is 18.7 Å². The van der Waals surface area contributed by atoms with Crippen molar-refractivity contribution in [2.75, 3.05) is 0 Å². The third-order valence-electron chi connectivity index (χ3n) is 1.05. The van der Waals surface area contributed by atoms with Gasteiger partial charge in [0.05, 0.1) is 0 Å². The maximum absolute atomic E-state index is 12.3. The number of benzene rings is 1. The van der Waals surface area contributed by atoms with Crippen molar-refractivity contribution in [3.63, 3.8) is 0 Å². The van der Waals surface area contributed by atoms with E-state index in [1.807, 2.05) is 0 Å². The number of phenols is 1. The second-order valence-corrected chi connectivity index (χ2v) is 1.87. The van der Waals surface area contributed by atoms with Crippen molar-refractivity contribution >= 4 is 0 Å². The van der Waals surface area contributed by atoms with Crippen molar-refractivity contribution < 1.29 is 14.6 Å². The summed E-state index contributed by atoms with van der Waals surface area (Å²) in [5, 5.41) is 17.1. The van der Waals surface area contributed by atoms with Crippen molar-refractivity contribution in [3.8, 4) is 5.75 Å². The van der Waals surface area contributed by atoms with Gasteiger partial charge in [-0.25, -0.2) is 4.39 Å². The third-order valence-corrected chi connectivity index (χ3v) is 1.05. The molecule has 0 fully saturated rings. The van der Waals surface area contributed by atoms with E-state index in [1.165, 1.54) is 6.07 Å². The van der Waals surface area contributed by atoms with Crippen molar-refractivity contribution in [1.29, 1.82) is 0 Å². The lowest BCUT2D eigenvalue weighted by Gasteiger charge is -1.95. The molecule has 0 heterocycles. The van der Waals surface area contributed by atoms with Crippen LogP contribution in [0.5, 0.6) is 5.75 Å². The average Bonchev–Trinajstić information content (AvgIpc) is 1.85. The molecule has 10 heavy (non-hydrogen) atoms. The largest absolute Gasteiger partial charge is 0.508 e. The van der Waals surface area contributed by atoms with Gasteiger partial charge in [0, 0.05) is 6.07 Å². The Morgan fingerprint density at radius 3 is 2.50 bits per heavy atom. The number of halogens is 1. The Balaban J connectivity index is 3.06. The highest BCUT2D eigenvalue weighted by Crippen LogP contribution is 2.14. The quantitative estimate of drug-likeness (QED) is 0.620. The minimum absolute atomic E-state index is 0.194. The van der Waals surface area contributed by atoms with E-state index in [1.54, 1.807) is 0 Å². The highest BCUT2D eigenvalue weighted by molar-refractivity contribution is 5.30. The van der Waals surface area contributed by atoms with Crippen molar-refractivity contribution in [1.82, 2.24) is 0 Å². The lowest BCUT2D eigenvalue weighted by Crippen LogP contribution is -1.81. The first-order chi connectivity index (χ1) is 4.72. The molecule has 0 saturated carbocycles. The van der Waals surface area contributed by atoms with Gasteiger partial charge in [-0.1, -0.05) is 0 Å². The van der Waals surface area contributed by atoms with E-state index < -0.39 is 5.82 Å². The normalized spacial score (nSPS) is 9.80. The second kappa shape index (κ2) is 2.66. The molecular weight excluding hydrogens is 135 g/mol. The first-order valence-corrected chi connectivity index (χ1v) is 2.69. The first kappa shape index (κ1) is 7.02. The summed E-state index contributed by atoms with van der Waals surface area (Å²) in [6.07, 6.45) is 0. The monoisotopic (exact) mass is 141 g/mol. The van der Waals surface area contributed by atoms with Crippen LogP contribution in [0.3, 0.4) is 0 Å². The number of aromatic hydroxyl groups is 1. The zero-order chi connectivity index (χ0) is 7.56. The van der Waals surface area contributed by atoms with Crippen LogP contribution in [-0.4, -0.2) is 10.2 Å². The molecule has 0 amide bonds. The van der Waals surface area contributed by atoms with Crippen LogP contribution in [-0.2, 0) is 0 Å². The van der Waals surface area contributed by atoms with Crippen LogP contribution in [0.2, 0.25) is 0 Å². The Labute approximate surface area is 57.6 Å². The molecule has 0 saturated heterocycles. The molecule has 3 heteroatoms. The summed E-state index contributed by atoms with van der Waals surface area (Å²) < 4.78 is 12.3. The van der Waals surface area contributed by atoms with Crippen LogP contribution in [0.15, 0.2) is 18.2 Å². The van der Waals surface area contributed by atoms with E-state index in [9.17, 15) is 4.39 Å². The van der Waals surface area contributed by atoms with E-state index in [4.69, 9.17) is 10.2 Å². The van der Waals surface area contributed by atoms with Crippen LogP contribution >= 0.6 is 0 Å². The Bertz CT molecular complexity index is 215. The fourth-order valence-electron chi connectivity index (χ4n) is 0.671. The summed E-state index contributed by atoms with van der Waals surface area (Å²) in [6, 6.07) is 3.33. The van der Waals surface area contributed by atoms with E-state index in [2.05, 4.69) is 0 Å². The lowest BCUT2D eigenvalue weighted by molar-refractivity contribution is 0.411. The molecule has 1 aromatic rings. The van der Waals surface area contributed by atoms with Crippen LogP contribution < -0.4 is 0 Å². The van der Waals surface area contributed by atoms with Gasteiger partial charge in [0.1, 0.15) is 18.2 Å². The van der Waals surface area contributed by atoms with Gasteiger partial charge >= 0.3 is 0 Å². The number of rotatable bonds is 1. The number of phenolic OH excluding ortho intramolecular Hbond substituents is 1.